The highest BCUT2D eigenvalue weighted by molar-refractivity contribution is 5.94. The molecule has 0 amide bonds. The predicted molar refractivity (Wildman–Crippen MR) is 85.1 cm³/mol. The van der Waals surface area contributed by atoms with E-state index in [0.717, 1.165) is 29.2 Å². The summed E-state index contributed by atoms with van der Waals surface area (Å²) < 4.78 is 10.1. The van der Waals surface area contributed by atoms with Crippen LogP contribution in [-0.4, -0.2) is 26.3 Å². The van der Waals surface area contributed by atoms with Crippen LogP contribution in [0.3, 0.4) is 0 Å². The van der Waals surface area contributed by atoms with E-state index >= 15 is 0 Å². The van der Waals surface area contributed by atoms with Gasteiger partial charge in [-0.15, -0.1) is 0 Å². The average molecular weight is 284 g/mol. The van der Waals surface area contributed by atoms with Gasteiger partial charge in [-0.3, -0.25) is 0 Å². The number of carbonyl (C=O) groups is 1. The zero-order valence-corrected chi connectivity index (χ0v) is 12.2. The summed E-state index contributed by atoms with van der Waals surface area (Å²) in [5.74, 6) is -0.305. The van der Waals surface area contributed by atoms with Crippen LogP contribution in [0.1, 0.15) is 18.4 Å². The zero-order valence-electron chi connectivity index (χ0n) is 12.2. The summed E-state index contributed by atoms with van der Waals surface area (Å²) in [5, 5.41) is 2.29. The quantitative estimate of drug-likeness (QED) is 0.440. The fraction of sp³-hybridized carbons (Fsp3) is 0.278. The van der Waals surface area contributed by atoms with Crippen LogP contribution < -0.4 is 0 Å². The number of fused-ring (bicyclic) bond motifs is 1. The third kappa shape index (κ3) is 4.72. The lowest BCUT2D eigenvalue weighted by atomic mass is 10.0. The van der Waals surface area contributed by atoms with Crippen LogP contribution in [0.25, 0.3) is 16.8 Å². The first-order valence-corrected chi connectivity index (χ1v) is 7.13. The summed E-state index contributed by atoms with van der Waals surface area (Å²) in [6.45, 7) is 1.13. The molecule has 0 heterocycles. The van der Waals surface area contributed by atoms with Crippen molar-refractivity contribution >= 4 is 22.8 Å². The molecule has 3 heteroatoms. The number of ether oxygens (including phenoxy) is 2. The van der Waals surface area contributed by atoms with Crippen molar-refractivity contribution in [2.45, 2.75) is 12.8 Å². The molecule has 0 fully saturated rings. The minimum Gasteiger partial charge on any atom is -0.463 e. The van der Waals surface area contributed by atoms with Crippen LogP contribution in [0.15, 0.2) is 48.5 Å². The Hall–Kier alpha value is -2.13. The molecular formula is C18H20O3. The summed E-state index contributed by atoms with van der Waals surface area (Å²) in [7, 11) is 1.67. The lowest BCUT2D eigenvalue weighted by Crippen LogP contribution is -2.03. The van der Waals surface area contributed by atoms with Gasteiger partial charge in [0.25, 0.3) is 0 Å². The summed E-state index contributed by atoms with van der Waals surface area (Å²) in [4.78, 5) is 11.6. The van der Waals surface area contributed by atoms with Crippen molar-refractivity contribution in [1.29, 1.82) is 0 Å². The minimum absolute atomic E-state index is 0.305. The first-order chi connectivity index (χ1) is 10.3. The Balaban J connectivity index is 1.92. The Morgan fingerprint density at radius 2 is 1.81 bits per heavy atom. The zero-order chi connectivity index (χ0) is 14.9. The maximum absolute atomic E-state index is 11.6. The van der Waals surface area contributed by atoms with Crippen LogP contribution in [0.5, 0.6) is 0 Å². The van der Waals surface area contributed by atoms with Gasteiger partial charge in [0.15, 0.2) is 0 Å². The molecule has 0 bridgehead atoms. The van der Waals surface area contributed by atoms with Gasteiger partial charge < -0.3 is 9.47 Å². The van der Waals surface area contributed by atoms with Crippen LogP contribution in [-0.2, 0) is 14.3 Å². The lowest BCUT2D eigenvalue weighted by molar-refractivity contribution is -0.137. The maximum atomic E-state index is 11.6. The SMILES string of the molecule is COCCCCOC(=O)/C=C/c1cccc2ccccc12. The summed E-state index contributed by atoms with van der Waals surface area (Å²) in [6, 6.07) is 14.1. The van der Waals surface area contributed by atoms with Crippen LogP contribution >= 0.6 is 0 Å². The highest BCUT2D eigenvalue weighted by atomic mass is 16.5. The number of benzene rings is 2. The number of methoxy groups -OCH3 is 1. The fourth-order valence-electron chi connectivity index (χ4n) is 2.12. The van der Waals surface area contributed by atoms with E-state index in [-0.39, 0.29) is 5.97 Å². The van der Waals surface area contributed by atoms with Crippen molar-refractivity contribution in [2.24, 2.45) is 0 Å². The Morgan fingerprint density at radius 3 is 2.67 bits per heavy atom. The van der Waals surface area contributed by atoms with Gasteiger partial charge in [-0.05, 0) is 35.3 Å². The predicted octanol–water partition coefficient (Wildman–Crippen LogP) is 3.82. The number of rotatable bonds is 7. The summed E-state index contributed by atoms with van der Waals surface area (Å²) in [5.41, 5.74) is 1.02. The topological polar surface area (TPSA) is 35.5 Å². The monoisotopic (exact) mass is 284 g/mol. The number of unbranched alkanes of at least 4 members (excludes halogenated alkanes) is 1. The Kier molecular flexibility index (Phi) is 5.98. The maximum Gasteiger partial charge on any atom is 0.330 e. The summed E-state index contributed by atoms with van der Waals surface area (Å²) in [6.07, 6.45) is 5.01. The standard InChI is InChI=1S/C18H20O3/c1-20-13-4-5-14-21-18(19)12-11-16-9-6-8-15-7-2-3-10-17(15)16/h2-3,6-12H,4-5,13-14H2,1H3/b12-11+. The second-order valence-corrected chi connectivity index (χ2v) is 4.77. The van der Waals surface area contributed by atoms with Gasteiger partial charge in [-0.1, -0.05) is 42.5 Å². The van der Waals surface area contributed by atoms with Gasteiger partial charge in [-0.2, -0.15) is 0 Å². The first kappa shape index (κ1) is 15.3. The van der Waals surface area contributed by atoms with E-state index in [1.54, 1.807) is 13.2 Å². The molecule has 0 aliphatic rings. The second-order valence-electron chi connectivity index (χ2n) is 4.77. The second kappa shape index (κ2) is 8.22. The highest BCUT2D eigenvalue weighted by Gasteiger charge is 1.99. The van der Waals surface area contributed by atoms with Crippen LogP contribution in [0, 0.1) is 0 Å². The molecule has 0 aliphatic heterocycles. The summed E-state index contributed by atoms with van der Waals surface area (Å²) >= 11 is 0. The van der Waals surface area contributed by atoms with Crippen molar-refractivity contribution in [2.75, 3.05) is 20.3 Å². The van der Waals surface area contributed by atoms with Crippen molar-refractivity contribution in [3.8, 4) is 0 Å². The van der Waals surface area contributed by atoms with Crippen LogP contribution in [0.4, 0.5) is 0 Å². The molecule has 2 rings (SSSR count). The Labute approximate surface area is 125 Å². The average Bonchev–Trinajstić information content (AvgIpc) is 2.52. The molecule has 0 saturated heterocycles. The molecule has 0 atom stereocenters. The third-order valence-corrected chi connectivity index (χ3v) is 3.21. The van der Waals surface area contributed by atoms with Crippen LogP contribution in [0.2, 0.25) is 0 Å². The van der Waals surface area contributed by atoms with Crippen molar-refractivity contribution in [3.63, 3.8) is 0 Å². The molecule has 0 aromatic heterocycles. The molecule has 0 N–H and O–H groups in total. The van der Waals surface area contributed by atoms with E-state index < -0.39 is 0 Å². The van der Waals surface area contributed by atoms with E-state index in [9.17, 15) is 4.79 Å². The number of hydrogen-bond acceptors (Lipinski definition) is 3. The molecule has 2 aromatic carbocycles. The first-order valence-electron chi connectivity index (χ1n) is 7.13. The smallest absolute Gasteiger partial charge is 0.330 e. The van der Waals surface area contributed by atoms with Crippen molar-refractivity contribution in [3.05, 3.63) is 54.1 Å². The largest absolute Gasteiger partial charge is 0.463 e. The molecule has 0 saturated carbocycles. The molecule has 110 valence electrons. The molecule has 21 heavy (non-hydrogen) atoms. The van der Waals surface area contributed by atoms with E-state index in [0.29, 0.717) is 13.2 Å². The van der Waals surface area contributed by atoms with E-state index in [4.69, 9.17) is 9.47 Å². The lowest BCUT2D eigenvalue weighted by Gasteiger charge is -2.03. The molecule has 2 aromatic rings. The molecule has 0 spiro atoms. The Bertz CT molecular complexity index is 611. The van der Waals surface area contributed by atoms with E-state index in [1.807, 2.05) is 30.3 Å². The molecule has 0 radical (unpaired) electrons. The molecule has 3 nitrogen and oxygen atoms in total. The van der Waals surface area contributed by atoms with Gasteiger partial charge in [0, 0.05) is 19.8 Å². The number of esters is 1. The Morgan fingerprint density at radius 1 is 1.05 bits per heavy atom. The normalized spacial score (nSPS) is 11.1. The van der Waals surface area contributed by atoms with E-state index in [1.165, 1.54) is 6.08 Å². The molecule has 0 aliphatic carbocycles. The van der Waals surface area contributed by atoms with Gasteiger partial charge in [0.2, 0.25) is 0 Å². The fourth-order valence-corrected chi connectivity index (χ4v) is 2.12. The van der Waals surface area contributed by atoms with E-state index in [2.05, 4.69) is 12.1 Å². The molecular weight excluding hydrogens is 264 g/mol. The minimum atomic E-state index is -0.305. The number of hydrogen-bond donors (Lipinski definition) is 0. The van der Waals surface area contributed by atoms with Gasteiger partial charge in [-0.25, -0.2) is 4.79 Å². The number of carbonyl (C=O) groups excluding carboxylic acids is 1. The van der Waals surface area contributed by atoms with Gasteiger partial charge >= 0.3 is 5.97 Å². The third-order valence-electron chi connectivity index (χ3n) is 3.21. The highest BCUT2D eigenvalue weighted by Crippen LogP contribution is 2.19. The van der Waals surface area contributed by atoms with Crippen molar-refractivity contribution in [1.82, 2.24) is 0 Å². The van der Waals surface area contributed by atoms with Crippen molar-refractivity contribution < 1.29 is 14.3 Å². The molecule has 0 unspecified atom stereocenters. The van der Waals surface area contributed by atoms with Gasteiger partial charge in [0.05, 0.1) is 6.61 Å². The van der Waals surface area contributed by atoms with Gasteiger partial charge in [0.1, 0.15) is 0 Å².